The molecule has 10 heteroatoms. The van der Waals surface area contributed by atoms with Gasteiger partial charge in [0.1, 0.15) is 5.70 Å². The summed E-state index contributed by atoms with van der Waals surface area (Å²) in [7, 11) is 0. The molecule has 3 N–H and O–H groups in total. The summed E-state index contributed by atoms with van der Waals surface area (Å²) in [6.07, 6.45) is 2.20. The second kappa shape index (κ2) is 14.1. The number of rotatable bonds is 10. The van der Waals surface area contributed by atoms with Crippen LogP contribution in [0.15, 0.2) is 112 Å². The number of hydrogen-bond donors (Lipinski definition) is 3. The summed E-state index contributed by atoms with van der Waals surface area (Å²) in [5.74, 6) is 0.200. The van der Waals surface area contributed by atoms with Crippen molar-refractivity contribution < 1.29 is 23.9 Å². The maximum Gasteiger partial charge on any atom is 0.272 e. The van der Waals surface area contributed by atoms with Gasteiger partial charge in [0.15, 0.2) is 11.5 Å². The molecule has 4 aromatic rings. The number of fused-ring (bicyclic) bond motifs is 1. The Hall–Kier alpha value is -4.54. The van der Waals surface area contributed by atoms with E-state index in [-0.39, 0.29) is 23.6 Å². The van der Waals surface area contributed by atoms with E-state index in [2.05, 4.69) is 31.9 Å². The van der Waals surface area contributed by atoms with Crippen molar-refractivity contribution in [2.75, 3.05) is 17.4 Å². The number of ether oxygens (including phenoxy) is 2. The summed E-state index contributed by atoms with van der Waals surface area (Å²) < 4.78 is 11.6. The van der Waals surface area contributed by atoms with E-state index in [0.717, 1.165) is 14.9 Å². The first kappa shape index (κ1) is 29.9. The predicted molar refractivity (Wildman–Crippen MR) is 172 cm³/mol. The van der Waals surface area contributed by atoms with Crippen molar-refractivity contribution in [2.24, 2.45) is 0 Å². The fourth-order valence-electron chi connectivity index (χ4n) is 4.23. The Balaban J connectivity index is 1.29. The Morgan fingerprint density at radius 3 is 2.42 bits per heavy atom. The van der Waals surface area contributed by atoms with E-state index < -0.39 is 11.8 Å². The van der Waals surface area contributed by atoms with Crippen LogP contribution in [0.3, 0.4) is 0 Å². The zero-order valence-corrected chi connectivity index (χ0v) is 25.5. The van der Waals surface area contributed by atoms with Crippen LogP contribution in [0.5, 0.6) is 11.5 Å². The lowest BCUT2D eigenvalue weighted by atomic mass is 10.1. The van der Waals surface area contributed by atoms with Crippen LogP contribution < -0.4 is 25.4 Å². The second-order valence-electron chi connectivity index (χ2n) is 9.49. The minimum absolute atomic E-state index is 0.0829. The third-order valence-electron chi connectivity index (χ3n) is 6.36. The van der Waals surface area contributed by atoms with E-state index in [9.17, 15) is 14.4 Å². The Morgan fingerprint density at radius 1 is 0.860 bits per heavy atom. The molecule has 1 heterocycles. The average Bonchev–Trinajstić information content (AvgIpc) is 3.48. The number of nitrogens with one attached hydrogen (secondary N) is 3. The van der Waals surface area contributed by atoms with Crippen LogP contribution in [0.4, 0.5) is 11.4 Å². The van der Waals surface area contributed by atoms with E-state index in [4.69, 9.17) is 9.47 Å². The number of anilines is 2. The number of thioether (sulfide) groups is 1. The molecular weight excluding hydrogens is 630 g/mol. The van der Waals surface area contributed by atoms with Gasteiger partial charge in [0.25, 0.3) is 11.8 Å². The Kier molecular flexibility index (Phi) is 9.81. The van der Waals surface area contributed by atoms with Crippen molar-refractivity contribution in [3.8, 4) is 11.5 Å². The number of amides is 3. The van der Waals surface area contributed by atoms with E-state index in [1.807, 2.05) is 43.3 Å². The molecular formula is C33H28BrN3O5S. The Morgan fingerprint density at radius 2 is 1.63 bits per heavy atom. The van der Waals surface area contributed by atoms with Gasteiger partial charge in [-0.15, -0.1) is 11.8 Å². The summed E-state index contributed by atoms with van der Waals surface area (Å²) in [4.78, 5) is 40.3. The van der Waals surface area contributed by atoms with E-state index >= 15 is 0 Å². The van der Waals surface area contributed by atoms with Crippen molar-refractivity contribution in [3.63, 3.8) is 0 Å². The van der Waals surface area contributed by atoms with Crippen LogP contribution in [-0.4, -0.2) is 29.8 Å². The quantitative estimate of drug-likeness (QED) is 0.124. The van der Waals surface area contributed by atoms with Gasteiger partial charge < -0.3 is 25.4 Å². The molecule has 43 heavy (non-hydrogen) atoms. The lowest BCUT2D eigenvalue weighted by Crippen LogP contribution is -2.30. The monoisotopic (exact) mass is 657 g/mol. The summed E-state index contributed by atoms with van der Waals surface area (Å²) >= 11 is 4.84. The average molecular weight is 659 g/mol. The molecule has 3 amide bonds. The molecule has 4 aromatic carbocycles. The smallest absolute Gasteiger partial charge is 0.272 e. The number of carbonyl (C=O) groups is 3. The van der Waals surface area contributed by atoms with Crippen LogP contribution in [0.2, 0.25) is 0 Å². The molecule has 5 rings (SSSR count). The summed E-state index contributed by atoms with van der Waals surface area (Å²) in [6.45, 7) is 2.10. The van der Waals surface area contributed by atoms with Gasteiger partial charge in [0.05, 0.1) is 5.25 Å². The molecule has 1 atom stereocenters. The fourth-order valence-corrected chi connectivity index (χ4v) is 5.66. The van der Waals surface area contributed by atoms with E-state index in [1.165, 1.54) is 11.8 Å². The molecule has 1 unspecified atom stereocenters. The summed E-state index contributed by atoms with van der Waals surface area (Å²) in [5.41, 5.74) is 2.39. The van der Waals surface area contributed by atoms with Crippen LogP contribution in [0.1, 0.15) is 29.3 Å². The molecule has 1 aliphatic heterocycles. The standard InChI is InChI=1S/C33H28BrN3O5S/c1-2-30(33(40)36-25-14-15-28-29(19-25)42-20-41-28)43-26-13-7-12-24(18-26)35-32(39)27(17-21-8-6-11-23(34)16-21)37-31(38)22-9-4-3-5-10-22/h3-19,30H,2,20H2,1H3,(H,35,39)(H,36,40)(H,37,38)/b27-17+. The molecule has 0 spiro atoms. The maximum absolute atomic E-state index is 13.5. The topological polar surface area (TPSA) is 106 Å². The van der Waals surface area contributed by atoms with Gasteiger partial charge in [-0.1, -0.05) is 59.3 Å². The molecule has 8 nitrogen and oxygen atoms in total. The second-order valence-corrected chi connectivity index (χ2v) is 11.7. The first-order valence-electron chi connectivity index (χ1n) is 13.5. The molecule has 0 radical (unpaired) electrons. The van der Waals surface area contributed by atoms with Crippen molar-refractivity contribution in [1.29, 1.82) is 0 Å². The number of halogens is 1. The van der Waals surface area contributed by atoms with E-state index in [0.29, 0.717) is 34.9 Å². The predicted octanol–water partition coefficient (Wildman–Crippen LogP) is 7.10. The molecule has 0 fully saturated rings. The van der Waals surface area contributed by atoms with Gasteiger partial charge in [-0.25, -0.2) is 0 Å². The summed E-state index contributed by atoms with van der Waals surface area (Å²) in [6, 6.07) is 28.6. The zero-order chi connectivity index (χ0) is 30.2. The third-order valence-corrected chi connectivity index (χ3v) is 8.21. The lowest BCUT2D eigenvalue weighted by molar-refractivity contribution is -0.116. The molecule has 218 valence electrons. The van der Waals surface area contributed by atoms with Gasteiger partial charge in [-0.3, -0.25) is 14.4 Å². The Labute approximate surface area is 262 Å². The van der Waals surface area contributed by atoms with Crippen molar-refractivity contribution in [3.05, 3.63) is 118 Å². The van der Waals surface area contributed by atoms with Gasteiger partial charge in [0.2, 0.25) is 12.7 Å². The van der Waals surface area contributed by atoms with Crippen molar-refractivity contribution >= 4 is 62.9 Å². The molecule has 0 saturated carbocycles. The number of hydrogen-bond acceptors (Lipinski definition) is 6. The lowest BCUT2D eigenvalue weighted by Gasteiger charge is -2.16. The van der Waals surface area contributed by atoms with Crippen LogP contribution in [0, 0.1) is 0 Å². The highest BCUT2D eigenvalue weighted by Gasteiger charge is 2.21. The molecule has 0 saturated heterocycles. The molecule has 0 aromatic heterocycles. The van der Waals surface area contributed by atoms with Crippen molar-refractivity contribution in [1.82, 2.24) is 5.32 Å². The molecule has 0 aliphatic carbocycles. The summed E-state index contributed by atoms with van der Waals surface area (Å²) in [5, 5.41) is 8.20. The number of carbonyl (C=O) groups excluding carboxylic acids is 3. The maximum atomic E-state index is 13.5. The first-order valence-corrected chi connectivity index (χ1v) is 15.2. The zero-order valence-electron chi connectivity index (χ0n) is 23.1. The molecule has 0 bridgehead atoms. The van der Waals surface area contributed by atoms with Gasteiger partial charge in [-0.05, 0) is 72.7 Å². The molecule has 1 aliphatic rings. The van der Waals surface area contributed by atoms with Gasteiger partial charge >= 0.3 is 0 Å². The highest BCUT2D eigenvalue weighted by molar-refractivity contribution is 9.10. The van der Waals surface area contributed by atoms with E-state index in [1.54, 1.807) is 66.7 Å². The van der Waals surface area contributed by atoms with Gasteiger partial charge in [-0.2, -0.15) is 0 Å². The third kappa shape index (κ3) is 8.06. The van der Waals surface area contributed by atoms with Gasteiger partial charge in [0, 0.05) is 32.4 Å². The minimum atomic E-state index is -0.487. The van der Waals surface area contributed by atoms with Crippen molar-refractivity contribution in [2.45, 2.75) is 23.5 Å². The highest BCUT2D eigenvalue weighted by Crippen LogP contribution is 2.35. The van der Waals surface area contributed by atoms with Crippen LogP contribution in [-0.2, 0) is 9.59 Å². The number of benzene rings is 4. The SMILES string of the molecule is CCC(Sc1cccc(NC(=O)/C(=C\c2cccc(Br)c2)NC(=O)c2ccccc2)c1)C(=O)Nc1ccc2c(c1)OCO2. The first-order chi connectivity index (χ1) is 20.9. The highest BCUT2D eigenvalue weighted by atomic mass is 79.9. The largest absolute Gasteiger partial charge is 0.454 e. The van der Waals surface area contributed by atoms with Crippen LogP contribution >= 0.6 is 27.7 Å². The minimum Gasteiger partial charge on any atom is -0.454 e. The Bertz CT molecular complexity index is 1680. The normalized spacial score (nSPS) is 12.7. The van der Waals surface area contributed by atoms with Crippen LogP contribution in [0.25, 0.3) is 6.08 Å². The fraction of sp³-hybridized carbons (Fsp3) is 0.121.